The molecule has 7 heteroatoms. The zero-order chi connectivity index (χ0) is 19.8. The average Bonchev–Trinajstić information content (AvgIpc) is 2.65. The van der Waals surface area contributed by atoms with Gasteiger partial charge in [0.25, 0.3) is 0 Å². The molecule has 1 N–H and O–H groups in total. The standard InChI is InChI=1S/C20H30N2O5/c1-15(2)22(20(25)27-14-16-7-5-4-6-8-16)18-10-9-17(11-12-26-3)21(13-18)19(23)24/h4-8,15,17-18H,9-14H2,1-3H3,(H,23,24)/t17-,18-/m1/s1. The first kappa shape index (κ1) is 21.0. The predicted octanol–water partition coefficient (Wildman–Crippen LogP) is 3.58. The molecule has 1 aromatic rings. The van der Waals surface area contributed by atoms with Crippen LogP contribution in [0.5, 0.6) is 0 Å². The Hall–Kier alpha value is -2.28. The molecular weight excluding hydrogens is 348 g/mol. The van der Waals surface area contributed by atoms with E-state index in [2.05, 4.69) is 0 Å². The number of rotatable bonds is 7. The predicted molar refractivity (Wildman–Crippen MR) is 102 cm³/mol. The highest BCUT2D eigenvalue weighted by molar-refractivity contribution is 5.69. The molecule has 2 rings (SSSR count). The van der Waals surface area contributed by atoms with E-state index in [0.29, 0.717) is 26.0 Å². The minimum atomic E-state index is -0.956. The van der Waals surface area contributed by atoms with Crippen LogP contribution in [0.15, 0.2) is 30.3 Å². The number of hydrogen-bond donors (Lipinski definition) is 1. The largest absolute Gasteiger partial charge is 0.465 e. The molecule has 150 valence electrons. The van der Waals surface area contributed by atoms with Gasteiger partial charge in [-0.2, -0.15) is 0 Å². The van der Waals surface area contributed by atoms with Gasteiger partial charge in [0, 0.05) is 32.3 Å². The number of ether oxygens (including phenoxy) is 2. The van der Waals surface area contributed by atoms with Crippen molar-refractivity contribution in [3.8, 4) is 0 Å². The molecule has 7 nitrogen and oxygen atoms in total. The van der Waals surface area contributed by atoms with E-state index in [1.54, 1.807) is 12.0 Å². The van der Waals surface area contributed by atoms with Crippen molar-refractivity contribution in [2.75, 3.05) is 20.3 Å². The van der Waals surface area contributed by atoms with Gasteiger partial charge in [-0.05, 0) is 38.7 Å². The lowest BCUT2D eigenvalue weighted by Crippen LogP contribution is -2.56. The molecule has 1 aromatic carbocycles. The SMILES string of the molecule is COCC[C@H]1CC[C@@H](N(C(=O)OCc2ccccc2)C(C)C)CN1C(=O)O. The maximum absolute atomic E-state index is 12.7. The number of carboxylic acid groups (broad SMARTS) is 1. The van der Waals surface area contributed by atoms with Crippen molar-refractivity contribution >= 4 is 12.2 Å². The Morgan fingerprint density at radius 3 is 2.56 bits per heavy atom. The highest BCUT2D eigenvalue weighted by atomic mass is 16.6. The molecule has 0 aliphatic carbocycles. The van der Waals surface area contributed by atoms with Crippen molar-refractivity contribution in [3.05, 3.63) is 35.9 Å². The van der Waals surface area contributed by atoms with Crippen molar-refractivity contribution in [1.82, 2.24) is 9.80 Å². The molecule has 1 fully saturated rings. The molecule has 2 atom stereocenters. The zero-order valence-electron chi connectivity index (χ0n) is 16.3. The van der Waals surface area contributed by atoms with Crippen molar-refractivity contribution in [2.45, 2.75) is 57.8 Å². The van der Waals surface area contributed by atoms with Gasteiger partial charge in [0.2, 0.25) is 0 Å². The van der Waals surface area contributed by atoms with Gasteiger partial charge in [0.1, 0.15) is 6.61 Å². The molecule has 0 bridgehead atoms. The van der Waals surface area contributed by atoms with Crippen LogP contribution >= 0.6 is 0 Å². The van der Waals surface area contributed by atoms with Crippen LogP contribution in [0, 0.1) is 0 Å². The lowest BCUT2D eigenvalue weighted by molar-refractivity contribution is 0.0225. The monoisotopic (exact) mass is 378 g/mol. The third-order valence-corrected chi connectivity index (χ3v) is 4.95. The molecule has 0 aromatic heterocycles. The van der Waals surface area contributed by atoms with Gasteiger partial charge < -0.3 is 24.4 Å². The Balaban J connectivity index is 2.02. The average molecular weight is 378 g/mol. The van der Waals surface area contributed by atoms with Crippen molar-refractivity contribution in [1.29, 1.82) is 0 Å². The van der Waals surface area contributed by atoms with E-state index in [1.807, 2.05) is 44.2 Å². The molecule has 27 heavy (non-hydrogen) atoms. The third-order valence-electron chi connectivity index (χ3n) is 4.95. The fourth-order valence-electron chi connectivity index (χ4n) is 3.60. The maximum atomic E-state index is 12.7. The lowest BCUT2D eigenvalue weighted by Gasteiger charge is -2.43. The number of hydrogen-bond acceptors (Lipinski definition) is 4. The zero-order valence-corrected chi connectivity index (χ0v) is 16.3. The number of nitrogens with zero attached hydrogens (tertiary/aromatic N) is 2. The van der Waals surface area contributed by atoms with E-state index >= 15 is 0 Å². The summed E-state index contributed by atoms with van der Waals surface area (Å²) in [6.45, 7) is 4.86. The van der Waals surface area contributed by atoms with E-state index in [4.69, 9.17) is 9.47 Å². The van der Waals surface area contributed by atoms with E-state index in [0.717, 1.165) is 12.0 Å². The summed E-state index contributed by atoms with van der Waals surface area (Å²) in [6.07, 6.45) is 0.753. The van der Waals surface area contributed by atoms with Crippen LogP contribution in [0.25, 0.3) is 0 Å². The first-order chi connectivity index (χ1) is 12.9. The van der Waals surface area contributed by atoms with Crippen molar-refractivity contribution in [3.63, 3.8) is 0 Å². The minimum Gasteiger partial charge on any atom is -0.465 e. The van der Waals surface area contributed by atoms with E-state index in [-0.39, 0.29) is 24.7 Å². The third kappa shape index (κ3) is 5.85. The Bertz CT molecular complexity index is 608. The summed E-state index contributed by atoms with van der Waals surface area (Å²) in [5.74, 6) is 0. The number of amides is 2. The number of methoxy groups -OCH3 is 1. The van der Waals surface area contributed by atoms with Gasteiger partial charge in [-0.25, -0.2) is 9.59 Å². The summed E-state index contributed by atoms with van der Waals surface area (Å²) in [5, 5.41) is 9.59. The van der Waals surface area contributed by atoms with Gasteiger partial charge in [-0.1, -0.05) is 30.3 Å². The van der Waals surface area contributed by atoms with Crippen LogP contribution in [-0.2, 0) is 16.1 Å². The number of piperidine rings is 1. The van der Waals surface area contributed by atoms with Crippen LogP contribution in [0.1, 0.15) is 38.7 Å². The summed E-state index contributed by atoms with van der Waals surface area (Å²) in [7, 11) is 1.61. The van der Waals surface area contributed by atoms with Crippen LogP contribution in [0.3, 0.4) is 0 Å². The van der Waals surface area contributed by atoms with Gasteiger partial charge in [0.15, 0.2) is 0 Å². The summed E-state index contributed by atoms with van der Waals surface area (Å²) in [6, 6.07) is 9.17. The highest BCUT2D eigenvalue weighted by Crippen LogP contribution is 2.25. The fraction of sp³-hybridized carbons (Fsp3) is 0.600. The second-order valence-electron chi connectivity index (χ2n) is 7.14. The second kappa shape index (κ2) is 10.2. The van der Waals surface area contributed by atoms with Gasteiger partial charge in [0.05, 0.1) is 6.04 Å². The van der Waals surface area contributed by atoms with Crippen molar-refractivity contribution in [2.24, 2.45) is 0 Å². The van der Waals surface area contributed by atoms with Crippen molar-refractivity contribution < 1.29 is 24.2 Å². The van der Waals surface area contributed by atoms with Crippen LogP contribution in [-0.4, -0.2) is 65.5 Å². The summed E-state index contributed by atoms with van der Waals surface area (Å²) in [5.41, 5.74) is 0.921. The molecule has 0 radical (unpaired) electrons. The number of carbonyl (C=O) groups is 2. The Kier molecular flexibility index (Phi) is 7.91. The Labute approximate surface area is 160 Å². The smallest absolute Gasteiger partial charge is 0.410 e. The van der Waals surface area contributed by atoms with Gasteiger partial charge in [-0.15, -0.1) is 0 Å². The highest BCUT2D eigenvalue weighted by Gasteiger charge is 2.37. The van der Waals surface area contributed by atoms with Crippen LogP contribution in [0.2, 0.25) is 0 Å². The Morgan fingerprint density at radius 1 is 1.26 bits per heavy atom. The van der Waals surface area contributed by atoms with Crippen LogP contribution < -0.4 is 0 Å². The summed E-state index contributed by atoms with van der Waals surface area (Å²) < 4.78 is 10.6. The first-order valence-corrected chi connectivity index (χ1v) is 9.41. The van der Waals surface area contributed by atoms with Gasteiger partial charge >= 0.3 is 12.2 Å². The number of carbonyl (C=O) groups excluding carboxylic acids is 1. The molecule has 1 aliphatic heterocycles. The van der Waals surface area contributed by atoms with E-state index in [9.17, 15) is 14.7 Å². The lowest BCUT2D eigenvalue weighted by atomic mass is 9.95. The van der Waals surface area contributed by atoms with E-state index in [1.165, 1.54) is 4.90 Å². The number of likely N-dealkylation sites (tertiary alicyclic amines) is 1. The summed E-state index contributed by atoms with van der Waals surface area (Å²) in [4.78, 5) is 27.5. The molecular formula is C20H30N2O5. The first-order valence-electron chi connectivity index (χ1n) is 9.41. The topological polar surface area (TPSA) is 79.3 Å². The fourth-order valence-corrected chi connectivity index (χ4v) is 3.60. The minimum absolute atomic E-state index is 0.0759. The maximum Gasteiger partial charge on any atom is 0.410 e. The van der Waals surface area contributed by atoms with Crippen LogP contribution in [0.4, 0.5) is 9.59 Å². The quantitative estimate of drug-likeness (QED) is 0.784. The molecule has 0 saturated carbocycles. The molecule has 2 amide bonds. The molecule has 0 unspecified atom stereocenters. The molecule has 0 spiro atoms. The molecule has 1 aliphatic rings. The normalized spacial score (nSPS) is 19.8. The molecule has 1 saturated heterocycles. The molecule has 1 heterocycles. The summed E-state index contributed by atoms with van der Waals surface area (Å²) >= 11 is 0. The van der Waals surface area contributed by atoms with Gasteiger partial charge in [-0.3, -0.25) is 0 Å². The number of benzene rings is 1. The second-order valence-corrected chi connectivity index (χ2v) is 7.14. The Morgan fingerprint density at radius 2 is 1.96 bits per heavy atom. The van der Waals surface area contributed by atoms with E-state index < -0.39 is 12.2 Å².